The second-order valence-electron chi connectivity index (χ2n) is 9.32. The van der Waals surface area contributed by atoms with Crippen LogP contribution in [0.25, 0.3) is 0 Å². The van der Waals surface area contributed by atoms with Crippen molar-refractivity contribution < 1.29 is 24.5 Å². The van der Waals surface area contributed by atoms with Gasteiger partial charge in [-0.2, -0.15) is 0 Å². The van der Waals surface area contributed by atoms with Crippen LogP contribution in [0.4, 0.5) is 5.82 Å². The van der Waals surface area contributed by atoms with Crippen molar-refractivity contribution in [2.45, 2.75) is 58.1 Å². The van der Waals surface area contributed by atoms with Crippen molar-refractivity contribution in [2.24, 2.45) is 11.8 Å². The SMILES string of the molecule is COc1ccc(CC(C)O)cc1C(C)Nc1ncc(C(=O)NC[C@H]2CC[C@H](C(=O)O)CC2)cc1Cl. The van der Waals surface area contributed by atoms with E-state index in [1.165, 1.54) is 6.20 Å². The number of rotatable bonds is 10. The van der Waals surface area contributed by atoms with Crippen LogP contribution in [0.15, 0.2) is 30.5 Å². The number of aliphatic carboxylic acids is 1. The molecule has 0 aliphatic heterocycles. The molecule has 1 aliphatic carbocycles. The number of nitrogens with one attached hydrogen (secondary N) is 2. The lowest BCUT2D eigenvalue weighted by molar-refractivity contribution is -0.143. The van der Waals surface area contributed by atoms with Crippen LogP contribution >= 0.6 is 11.6 Å². The van der Waals surface area contributed by atoms with Gasteiger partial charge in [0, 0.05) is 18.3 Å². The predicted octanol–water partition coefficient (Wildman–Crippen LogP) is 4.46. The van der Waals surface area contributed by atoms with Gasteiger partial charge >= 0.3 is 5.97 Å². The first kappa shape index (κ1) is 26.8. The number of carbonyl (C=O) groups excluding carboxylic acids is 1. The lowest BCUT2D eigenvalue weighted by atomic mass is 9.82. The van der Waals surface area contributed by atoms with E-state index in [4.69, 9.17) is 21.4 Å². The molecule has 9 heteroatoms. The summed E-state index contributed by atoms with van der Waals surface area (Å²) in [6.45, 7) is 4.21. The van der Waals surface area contributed by atoms with Crippen LogP contribution in [-0.4, -0.2) is 46.8 Å². The van der Waals surface area contributed by atoms with Gasteiger partial charge in [0.2, 0.25) is 0 Å². The number of carboxylic acid groups (broad SMARTS) is 1. The molecule has 1 fully saturated rings. The Labute approximate surface area is 211 Å². The first-order valence-corrected chi connectivity index (χ1v) is 12.3. The van der Waals surface area contributed by atoms with E-state index in [2.05, 4.69) is 15.6 Å². The Morgan fingerprint density at radius 1 is 1.20 bits per heavy atom. The van der Waals surface area contributed by atoms with Gasteiger partial charge in [-0.05, 0) is 75.6 Å². The molecule has 35 heavy (non-hydrogen) atoms. The number of carboxylic acids is 1. The second-order valence-corrected chi connectivity index (χ2v) is 9.72. The fraction of sp³-hybridized carbons (Fsp3) is 0.500. The smallest absolute Gasteiger partial charge is 0.306 e. The number of amides is 1. The van der Waals surface area contributed by atoms with Gasteiger partial charge in [0.15, 0.2) is 0 Å². The Morgan fingerprint density at radius 2 is 1.91 bits per heavy atom. The van der Waals surface area contributed by atoms with Crippen LogP contribution in [0.5, 0.6) is 5.75 Å². The van der Waals surface area contributed by atoms with Crippen molar-refractivity contribution >= 4 is 29.3 Å². The van der Waals surface area contributed by atoms with E-state index in [9.17, 15) is 14.7 Å². The van der Waals surface area contributed by atoms with Crippen LogP contribution in [0.1, 0.15) is 67.1 Å². The van der Waals surface area contributed by atoms with Crippen molar-refractivity contribution in [3.05, 3.63) is 52.2 Å². The standard InChI is InChI=1S/C26H34ClN3O5/c1-15(31)10-18-6-9-23(35-3)21(11-18)16(2)30-24-22(27)12-20(14-28-24)25(32)29-13-17-4-7-19(8-5-17)26(33)34/h6,9,11-12,14-17,19,31H,4-5,7-8,10,13H2,1-3H3,(H,28,30)(H,29,32)(H,33,34)/t15?,16?,17-,19-. The minimum atomic E-state index is -0.734. The minimum absolute atomic E-state index is 0.190. The molecule has 1 aromatic heterocycles. The molecule has 1 heterocycles. The molecule has 4 N–H and O–H groups in total. The number of halogens is 1. The number of hydrogen-bond donors (Lipinski definition) is 4. The Morgan fingerprint density at radius 3 is 2.51 bits per heavy atom. The molecule has 1 saturated carbocycles. The average molecular weight is 504 g/mol. The first-order valence-electron chi connectivity index (χ1n) is 12.0. The maximum absolute atomic E-state index is 12.6. The monoisotopic (exact) mass is 503 g/mol. The maximum Gasteiger partial charge on any atom is 0.306 e. The molecule has 0 bridgehead atoms. The second kappa shape index (κ2) is 12.2. The fourth-order valence-electron chi connectivity index (χ4n) is 4.49. The molecule has 0 radical (unpaired) electrons. The van der Waals surface area contributed by atoms with Crippen LogP contribution in [0.2, 0.25) is 5.02 Å². The van der Waals surface area contributed by atoms with Gasteiger partial charge in [-0.1, -0.05) is 17.7 Å². The van der Waals surface area contributed by atoms with Crippen molar-refractivity contribution in [1.29, 1.82) is 0 Å². The van der Waals surface area contributed by atoms with Gasteiger partial charge in [-0.15, -0.1) is 0 Å². The Kier molecular flexibility index (Phi) is 9.34. The molecular weight excluding hydrogens is 470 g/mol. The summed E-state index contributed by atoms with van der Waals surface area (Å²) in [7, 11) is 1.61. The largest absolute Gasteiger partial charge is 0.496 e. The predicted molar refractivity (Wildman–Crippen MR) is 135 cm³/mol. The average Bonchev–Trinajstić information content (AvgIpc) is 2.83. The third-order valence-corrected chi connectivity index (χ3v) is 6.78. The Balaban J connectivity index is 1.61. The molecule has 8 nitrogen and oxygen atoms in total. The number of aliphatic hydroxyl groups excluding tert-OH is 1. The van der Waals surface area contributed by atoms with Crippen LogP contribution < -0.4 is 15.4 Å². The molecule has 1 aromatic carbocycles. The van der Waals surface area contributed by atoms with E-state index < -0.39 is 12.1 Å². The van der Waals surface area contributed by atoms with Gasteiger partial charge in [0.05, 0.1) is 35.8 Å². The summed E-state index contributed by atoms with van der Waals surface area (Å²) in [5, 5.41) is 25.4. The highest BCUT2D eigenvalue weighted by atomic mass is 35.5. The summed E-state index contributed by atoms with van der Waals surface area (Å²) in [5.41, 5.74) is 2.26. The van der Waals surface area contributed by atoms with E-state index in [0.29, 0.717) is 48.0 Å². The molecule has 190 valence electrons. The lowest BCUT2D eigenvalue weighted by Crippen LogP contribution is -2.32. The summed E-state index contributed by atoms with van der Waals surface area (Å²) < 4.78 is 5.50. The van der Waals surface area contributed by atoms with E-state index in [1.807, 2.05) is 25.1 Å². The molecule has 0 saturated heterocycles. The summed E-state index contributed by atoms with van der Waals surface area (Å²) in [6, 6.07) is 7.19. The third kappa shape index (κ3) is 7.32. The number of pyridine rings is 1. The van der Waals surface area contributed by atoms with Crippen molar-refractivity contribution in [3.8, 4) is 5.75 Å². The molecule has 1 amide bonds. The lowest BCUT2D eigenvalue weighted by Gasteiger charge is -2.26. The van der Waals surface area contributed by atoms with Gasteiger partial charge < -0.3 is 25.6 Å². The summed E-state index contributed by atoms with van der Waals surface area (Å²) in [6.07, 6.45) is 4.45. The number of hydrogen-bond acceptors (Lipinski definition) is 6. The summed E-state index contributed by atoms with van der Waals surface area (Å²) in [4.78, 5) is 28.1. The number of anilines is 1. The highest BCUT2D eigenvalue weighted by Crippen LogP contribution is 2.31. The van der Waals surface area contributed by atoms with Crippen molar-refractivity contribution in [2.75, 3.05) is 19.0 Å². The molecule has 3 rings (SSSR count). The third-order valence-electron chi connectivity index (χ3n) is 6.50. The first-order chi connectivity index (χ1) is 16.7. The van der Waals surface area contributed by atoms with Crippen molar-refractivity contribution in [3.63, 3.8) is 0 Å². The number of carbonyl (C=O) groups is 2. The molecule has 2 unspecified atom stereocenters. The van der Waals surface area contributed by atoms with Crippen LogP contribution in [-0.2, 0) is 11.2 Å². The quantitative estimate of drug-likeness (QED) is 0.377. The topological polar surface area (TPSA) is 121 Å². The molecule has 1 aliphatic rings. The zero-order valence-corrected chi connectivity index (χ0v) is 21.1. The number of aromatic nitrogens is 1. The highest BCUT2D eigenvalue weighted by molar-refractivity contribution is 6.33. The van der Waals surface area contributed by atoms with E-state index in [-0.39, 0.29) is 23.8 Å². The van der Waals surface area contributed by atoms with Gasteiger partial charge in [0.1, 0.15) is 11.6 Å². The molecule has 2 atom stereocenters. The Hall–Kier alpha value is -2.84. The highest BCUT2D eigenvalue weighted by Gasteiger charge is 2.26. The molecule has 2 aromatic rings. The maximum atomic E-state index is 12.6. The number of nitrogens with zero attached hydrogens (tertiary/aromatic N) is 1. The van der Waals surface area contributed by atoms with Gasteiger partial charge in [0.25, 0.3) is 5.91 Å². The normalized spacial score (nSPS) is 19.5. The van der Waals surface area contributed by atoms with E-state index >= 15 is 0 Å². The number of methoxy groups -OCH3 is 1. The molecule has 0 spiro atoms. The van der Waals surface area contributed by atoms with Gasteiger partial charge in [-0.25, -0.2) is 4.98 Å². The van der Waals surface area contributed by atoms with E-state index in [1.54, 1.807) is 20.1 Å². The van der Waals surface area contributed by atoms with Crippen molar-refractivity contribution in [1.82, 2.24) is 10.3 Å². The number of aliphatic hydroxyl groups is 1. The van der Waals surface area contributed by atoms with Crippen LogP contribution in [0.3, 0.4) is 0 Å². The Bertz CT molecular complexity index is 1040. The summed E-state index contributed by atoms with van der Waals surface area (Å²) in [5.74, 6) is 0.177. The summed E-state index contributed by atoms with van der Waals surface area (Å²) >= 11 is 6.45. The van der Waals surface area contributed by atoms with E-state index in [0.717, 1.165) is 24.0 Å². The zero-order chi connectivity index (χ0) is 25.5. The zero-order valence-electron chi connectivity index (χ0n) is 20.4. The number of benzene rings is 1. The van der Waals surface area contributed by atoms with Gasteiger partial charge in [-0.3, -0.25) is 9.59 Å². The fourth-order valence-corrected chi connectivity index (χ4v) is 4.71. The minimum Gasteiger partial charge on any atom is -0.496 e. The van der Waals surface area contributed by atoms with Crippen LogP contribution in [0, 0.1) is 11.8 Å². The molecular formula is C26H34ClN3O5. The number of ether oxygens (including phenoxy) is 1.